The van der Waals surface area contributed by atoms with Crippen molar-refractivity contribution >= 4 is 17.7 Å². The molecule has 1 aliphatic rings. The Kier molecular flexibility index (Phi) is 6.33. The zero-order valence-corrected chi connectivity index (χ0v) is 17.9. The number of benzene rings is 2. The quantitative estimate of drug-likeness (QED) is 0.442. The highest BCUT2D eigenvalue weighted by Gasteiger charge is 2.25. The summed E-state index contributed by atoms with van der Waals surface area (Å²) < 4.78 is 2.01. The van der Waals surface area contributed by atoms with Gasteiger partial charge >= 0.3 is 0 Å². The van der Waals surface area contributed by atoms with Crippen LogP contribution in [-0.4, -0.2) is 25.9 Å². The van der Waals surface area contributed by atoms with Gasteiger partial charge in [0.1, 0.15) is 0 Å². The van der Waals surface area contributed by atoms with Crippen LogP contribution in [0.1, 0.15) is 36.9 Å². The van der Waals surface area contributed by atoms with Gasteiger partial charge in [0.15, 0.2) is 11.0 Å². The molecule has 1 aromatic heterocycles. The Morgan fingerprint density at radius 3 is 2.80 bits per heavy atom. The van der Waals surface area contributed by atoms with Gasteiger partial charge in [0.05, 0.1) is 11.3 Å². The van der Waals surface area contributed by atoms with E-state index < -0.39 is 0 Å². The number of carbonyl (C=O) groups is 1. The minimum absolute atomic E-state index is 0.0242. The van der Waals surface area contributed by atoms with Gasteiger partial charge in [0.2, 0.25) is 5.91 Å². The molecule has 6 heteroatoms. The van der Waals surface area contributed by atoms with Crippen molar-refractivity contribution in [3.63, 3.8) is 0 Å². The molecule has 3 aromatic rings. The number of amides is 1. The molecule has 1 aliphatic carbocycles. The Balaban J connectivity index is 1.49. The molecule has 0 aliphatic heterocycles. The fourth-order valence-corrected chi connectivity index (χ4v) is 4.74. The second kappa shape index (κ2) is 9.30. The number of hydrogen-bond donors (Lipinski definition) is 1. The van der Waals surface area contributed by atoms with Gasteiger partial charge in [0, 0.05) is 12.1 Å². The van der Waals surface area contributed by atoms with E-state index in [0.717, 1.165) is 35.8 Å². The van der Waals surface area contributed by atoms with Crippen molar-refractivity contribution in [2.75, 3.05) is 0 Å². The lowest BCUT2D eigenvalue weighted by Gasteiger charge is -2.27. The number of allylic oxidation sites excluding steroid dienone is 1. The highest BCUT2D eigenvalue weighted by Crippen LogP contribution is 2.31. The van der Waals surface area contributed by atoms with Gasteiger partial charge in [-0.1, -0.05) is 72.4 Å². The summed E-state index contributed by atoms with van der Waals surface area (Å²) in [4.78, 5) is 13.0. The summed E-state index contributed by atoms with van der Waals surface area (Å²) in [6.45, 7) is 6.37. The van der Waals surface area contributed by atoms with Crippen LogP contribution in [0, 0.1) is 0 Å². The van der Waals surface area contributed by atoms with E-state index in [4.69, 9.17) is 0 Å². The fourth-order valence-electron chi connectivity index (χ4n) is 3.87. The summed E-state index contributed by atoms with van der Waals surface area (Å²) in [5, 5.41) is 12.4. The molecule has 2 atom stereocenters. The highest BCUT2D eigenvalue weighted by molar-refractivity contribution is 8.00. The normalized spacial score (nSPS) is 16.5. The predicted molar refractivity (Wildman–Crippen MR) is 121 cm³/mol. The van der Waals surface area contributed by atoms with Crippen LogP contribution < -0.4 is 5.32 Å². The predicted octanol–water partition coefficient (Wildman–Crippen LogP) is 4.81. The summed E-state index contributed by atoms with van der Waals surface area (Å²) in [5.41, 5.74) is 3.58. The zero-order valence-electron chi connectivity index (χ0n) is 17.1. The molecule has 0 saturated carbocycles. The molecule has 5 nitrogen and oxygen atoms in total. The average Bonchev–Trinajstić information content (AvgIpc) is 3.17. The van der Waals surface area contributed by atoms with Crippen LogP contribution in [0.3, 0.4) is 0 Å². The molecule has 1 amide bonds. The lowest BCUT2D eigenvalue weighted by atomic mass is 9.88. The number of fused-ring (bicyclic) bond motifs is 1. The van der Waals surface area contributed by atoms with E-state index in [9.17, 15) is 4.79 Å². The van der Waals surface area contributed by atoms with Crippen LogP contribution >= 0.6 is 11.8 Å². The van der Waals surface area contributed by atoms with Crippen LogP contribution in [0.4, 0.5) is 0 Å². The zero-order chi connectivity index (χ0) is 20.9. The Bertz CT molecular complexity index is 1030. The van der Waals surface area contributed by atoms with Crippen molar-refractivity contribution in [2.45, 2.75) is 49.2 Å². The molecule has 0 radical (unpaired) electrons. The van der Waals surface area contributed by atoms with Gasteiger partial charge in [-0.3, -0.25) is 9.36 Å². The molecule has 0 saturated heterocycles. The summed E-state index contributed by atoms with van der Waals surface area (Å²) in [5.74, 6) is 0.808. The van der Waals surface area contributed by atoms with E-state index in [1.165, 1.54) is 22.9 Å². The maximum Gasteiger partial charge on any atom is 0.233 e. The number of nitrogens with one attached hydrogen (secondary N) is 1. The third kappa shape index (κ3) is 4.33. The third-order valence-corrected chi connectivity index (χ3v) is 6.48. The van der Waals surface area contributed by atoms with E-state index in [-0.39, 0.29) is 17.2 Å². The first-order chi connectivity index (χ1) is 14.7. The number of carbonyl (C=O) groups excluding carboxylic acids is 1. The SMILES string of the molecule is C=CCn1c(SC(C)C(=O)NC2CCCc3ccccc32)nnc1-c1ccccc1. The maximum absolute atomic E-state index is 13.0. The van der Waals surface area contributed by atoms with E-state index in [2.05, 4.69) is 40.3 Å². The molecule has 0 bridgehead atoms. The maximum atomic E-state index is 13.0. The minimum Gasteiger partial charge on any atom is -0.348 e. The number of aromatic nitrogens is 3. The van der Waals surface area contributed by atoms with E-state index in [0.29, 0.717) is 6.54 Å². The number of nitrogens with zero attached hydrogens (tertiary/aromatic N) is 3. The van der Waals surface area contributed by atoms with Crippen molar-refractivity contribution < 1.29 is 4.79 Å². The van der Waals surface area contributed by atoms with Gasteiger partial charge in [-0.2, -0.15) is 0 Å². The molecule has 1 heterocycles. The first-order valence-electron chi connectivity index (χ1n) is 10.3. The Morgan fingerprint density at radius 1 is 1.23 bits per heavy atom. The van der Waals surface area contributed by atoms with Crippen LogP contribution in [0.5, 0.6) is 0 Å². The summed E-state index contributed by atoms with van der Waals surface area (Å²) in [6, 6.07) is 18.4. The number of rotatable bonds is 7. The molecule has 2 aromatic carbocycles. The standard InChI is InChI=1S/C24H26N4OS/c1-3-16-28-22(19-11-5-4-6-12-19)26-27-24(28)30-17(2)23(29)25-21-15-9-13-18-10-7-8-14-20(18)21/h3-8,10-12,14,17,21H,1,9,13,15-16H2,2H3,(H,25,29). The van der Waals surface area contributed by atoms with Gasteiger partial charge < -0.3 is 5.32 Å². The fraction of sp³-hybridized carbons (Fsp3) is 0.292. The Morgan fingerprint density at radius 2 is 2.00 bits per heavy atom. The first kappa shape index (κ1) is 20.4. The third-order valence-electron chi connectivity index (χ3n) is 5.40. The second-order valence-corrected chi connectivity index (χ2v) is 8.79. The molecular weight excluding hydrogens is 392 g/mol. The highest BCUT2D eigenvalue weighted by atomic mass is 32.2. The van der Waals surface area contributed by atoms with Crippen LogP contribution in [0.25, 0.3) is 11.4 Å². The molecule has 0 spiro atoms. The van der Waals surface area contributed by atoms with Crippen LogP contribution in [-0.2, 0) is 17.8 Å². The number of aryl methyl sites for hydroxylation is 1. The van der Waals surface area contributed by atoms with Crippen LogP contribution in [0.2, 0.25) is 0 Å². The number of thioether (sulfide) groups is 1. The molecule has 30 heavy (non-hydrogen) atoms. The minimum atomic E-state index is -0.282. The van der Waals surface area contributed by atoms with Crippen molar-refractivity contribution in [1.82, 2.24) is 20.1 Å². The average molecular weight is 419 g/mol. The van der Waals surface area contributed by atoms with E-state index in [1.54, 1.807) is 0 Å². The van der Waals surface area contributed by atoms with E-state index >= 15 is 0 Å². The Hall–Kier alpha value is -2.86. The summed E-state index contributed by atoms with van der Waals surface area (Å²) in [6.07, 6.45) is 4.98. The summed E-state index contributed by atoms with van der Waals surface area (Å²) in [7, 11) is 0. The summed E-state index contributed by atoms with van der Waals surface area (Å²) >= 11 is 1.43. The molecule has 0 fully saturated rings. The molecular formula is C24H26N4OS. The van der Waals surface area contributed by atoms with E-state index in [1.807, 2.05) is 54.0 Å². The van der Waals surface area contributed by atoms with Crippen LogP contribution in [0.15, 0.2) is 72.4 Å². The van der Waals surface area contributed by atoms with Crippen molar-refractivity contribution in [3.05, 3.63) is 78.4 Å². The lowest BCUT2D eigenvalue weighted by Crippen LogP contribution is -2.36. The van der Waals surface area contributed by atoms with Gasteiger partial charge in [0.25, 0.3) is 0 Å². The lowest BCUT2D eigenvalue weighted by molar-refractivity contribution is -0.121. The van der Waals surface area contributed by atoms with Gasteiger partial charge in [-0.05, 0) is 37.3 Å². The Labute approximate surface area is 181 Å². The van der Waals surface area contributed by atoms with Crippen molar-refractivity contribution in [1.29, 1.82) is 0 Å². The monoisotopic (exact) mass is 418 g/mol. The first-order valence-corrected chi connectivity index (χ1v) is 11.2. The molecule has 154 valence electrons. The molecule has 2 unspecified atom stereocenters. The largest absolute Gasteiger partial charge is 0.348 e. The van der Waals surface area contributed by atoms with Crippen molar-refractivity contribution in [2.24, 2.45) is 0 Å². The van der Waals surface area contributed by atoms with Gasteiger partial charge in [-0.15, -0.1) is 16.8 Å². The molecule has 4 rings (SSSR count). The topological polar surface area (TPSA) is 59.8 Å². The van der Waals surface area contributed by atoms with Crippen molar-refractivity contribution in [3.8, 4) is 11.4 Å². The number of hydrogen-bond acceptors (Lipinski definition) is 4. The van der Waals surface area contributed by atoms with Gasteiger partial charge in [-0.25, -0.2) is 0 Å². The molecule has 1 N–H and O–H groups in total. The second-order valence-electron chi connectivity index (χ2n) is 7.48. The smallest absolute Gasteiger partial charge is 0.233 e.